The van der Waals surface area contributed by atoms with Crippen LogP contribution in [0.5, 0.6) is 0 Å². The molecule has 1 nitrogen and oxygen atoms in total. The molecule has 2 atom stereocenters. The quantitative estimate of drug-likeness (QED) is 0.611. The summed E-state index contributed by atoms with van der Waals surface area (Å²) in [5.41, 5.74) is 0.0336. The number of carbonyl (C=O) groups is 1. The number of hydrogen-bond donors (Lipinski definition) is 0. The number of carbonyl (C=O) groups excluding carboxylic acids is 1. The lowest BCUT2D eigenvalue weighted by Crippen LogP contribution is -2.30. The molecule has 0 radical (unpaired) electrons. The average Bonchev–Trinajstić information content (AvgIpc) is 2.03. The first-order valence-corrected chi connectivity index (χ1v) is 5.54. The van der Waals surface area contributed by atoms with Gasteiger partial charge in [-0.2, -0.15) is 0 Å². The molecule has 1 fully saturated rings. The molecule has 13 heavy (non-hydrogen) atoms. The molecule has 0 saturated heterocycles. The van der Waals surface area contributed by atoms with Crippen LogP contribution in [-0.4, -0.2) is 6.29 Å². The van der Waals surface area contributed by atoms with E-state index in [0.29, 0.717) is 5.92 Å². The summed E-state index contributed by atoms with van der Waals surface area (Å²) in [5, 5.41) is 0. The Hall–Kier alpha value is -0.330. The minimum atomic E-state index is 0.0336. The summed E-state index contributed by atoms with van der Waals surface area (Å²) in [6.07, 6.45) is 7.12. The standard InChI is InChI=1S/C12H22O/c1-10(2)7-12(9-13)6-4-5-11(3)8-12/h9-11H,4-8H2,1-3H3. The van der Waals surface area contributed by atoms with Gasteiger partial charge in [-0.1, -0.05) is 33.6 Å². The van der Waals surface area contributed by atoms with Gasteiger partial charge in [-0.3, -0.25) is 0 Å². The molecule has 1 saturated carbocycles. The maximum atomic E-state index is 11.2. The van der Waals surface area contributed by atoms with E-state index in [1.165, 1.54) is 19.1 Å². The molecule has 2 unspecified atom stereocenters. The molecule has 76 valence electrons. The van der Waals surface area contributed by atoms with Crippen LogP contribution >= 0.6 is 0 Å². The fourth-order valence-corrected chi connectivity index (χ4v) is 2.85. The Balaban J connectivity index is 2.61. The second-order valence-corrected chi connectivity index (χ2v) is 5.28. The van der Waals surface area contributed by atoms with E-state index in [1.54, 1.807) is 0 Å². The smallest absolute Gasteiger partial charge is 0.126 e. The topological polar surface area (TPSA) is 17.1 Å². The lowest BCUT2D eigenvalue weighted by atomic mass is 9.67. The van der Waals surface area contributed by atoms with Gasteiger partial charge in [0.05, 0.1) is 0 Å². The summed E-state index contributed by atoms with van der Waals surface area (Å²) in [4.78, 5) is 11.2. The van der Waals surface area contributed by atoms with Crippen molar-refractivity contribution in [3.63, 3.8) is 0 Å². The zero-order valence-corrected chi connectivity index (χ0v) is 9.18. The molecule has 1 aliphatic carbocycles. The SMILES string of the molecule is CC(C)CC1(C=O)CCCC(C)C1. The summed E-state index contributed by atoms with van der Waals surface area (Å²) in [6.45, 7) is 6.70. The third-order valence-electron chi connectivity index (χ3n) is 3.19. The third-order valence-corrected chi connectivity index (χ3v) is 3.19. The van der Waals surface area contributed by atoms with Crippen molar-refractivity contribution < 1.29 is 4.79 Å². The van der Waals surface area contributed by atoms with E-state index in [4.69, 9.17) is 0 Å². The van der Waals surface area contributed by atoms with E-state index in [-0.39, 0.29) is 5.41 Å². The third kappa shape index (κ3) is 2.82. The zero-order valence-electron chi connectivity index (χ0n) is 9.18. The van der Waals surface area contributed by atoms with E-state index in [9.17, 15) is 4.79 Å². The molecule has 0 aromatic carbocycles. The van der Waals surface area contributed by atoms with Crippen molar-refractivity contribution >= 4 is 6.29 Å². The average molecular weight is 182 g/mol. The first-order chi connectivity index (χ1) is 6.08. The molecule has 0 aliphatic heterocycles. The summed E-state index contributed by atoms with van der Waals surface area (Å²) in [7, 11) is 0. The maximum absolute atomic E-state index is 11.2. The van der Waals surface area contributed by atoms with Gasteiger partial charge >= 0.3 is 0 Å². The number of aldehydes is 1. The van der Waals surface area contributed by atoms with Crippen LogP contribution in [0.15, 0.2) is 0 Å². The largest absolute Gasteiger partial charge is 0.303 e. The van der Waals surface area contributed by atoms with Crippen molar-refractivity contribution in [2.45, 2.75) is 52.9 Å². The van der Waals surface area contributed by atoms with E-state index < -0.39 is 0 Å². The predicted octanol–water partition coefficient (Wildman–Crippen LogP) is 3.43. The van der Waals surface area contributed by atoms with Gasteiger partial charge in [0.2, 0.25) is 0 Å². The summed E-state index contributed by atoms with van der Waals surface area (Å²) >= 11 is 0. The first kappa shape index (κ1) is 10.7. The van der Waals surface area contributed by atoms with Gasteiger partial charge in [0.25, 0.3) is 0 Å². The fourth-order valence-electron chi connectivity index (χ4n) is 2.85. The predicted molar refractivity (Wildman–Crippen MR) is 55.6 cm³/mol. The van der Waals surface area contributed by atoms with Crippen LogP contribution in [-0.2, 0) is 4.79 Å². The van der Waals surface area contributed by atoms with Crippen molar-refractivity contribution in [1.82, 2.24) is 0 Å². The van der Waals surface area contributed by atoms with Crippen LogP contribution < -0.4 is 0 Å². The van der Waals surface area contributed by atoms with Crippen LogP contribution in [0.2, 0.25) is 0 Å². The van der Waals surface area contributed by atoms with Crippen molar-refractivity contribution in [3.05, 3.63) is 0 Å². The molecule has 0 bridgehead atoms. The van der Waals surface area contributed by atoms with E-state index in [1.807, 2.05) is 0 Å². The van der Waals surface area contributed by atoms with E-state index in [0.717, 1.165) is 25.2 Å². The number of hydrogen-bond acceptors (Lipinski definition) is 1. The Morgan fingerprint density at radius 2 is 2.23 bits per heavy atom. The molecular weight excluding hydrogens is 160 g/mol. The van der Waals surface area contributed by atoms with Crippen molar-refractivity contribution in [1.29, 1.82) is 0 Å². The van der Waals surface area contributed by atoms with Gasteiger partial charge in [0.15, 0.2) is 0 Å². The van der Waals surface area contributed by atoms with Gasteiger partial charge in [0, 0.05) is 5.41 Å². The highest BCUT2D eigenvalue weighted by molar-refractivity contribution is 5.59. The van der Waals surface area contributed by atoms with Crippen molar-refractivity contribution in [2.24, 2.45) is 17.3 Å². The lowest BCUT2D eigenvalue weighted by Gasteiger charge is -2.36. The number of rotatable bonds is 3. The van der Waals surface area contributed by atoms with Crippen LogP contribution in [0.4, 0.5) is 0 Å². The van der Waals surface area contributed by atoms with Gasteiger partial charge < -0.3 is 4.79 Å². The van der Waals surface area contributed by atoms with Gasteiger partial charge in [-0.05, 0) is 31.1 Å². The van der Waals surface area contributed by atoms with Crippen LogP contribution in [0.1, 0.15) is 52.9 Å². The molecule has 0 aromatic heterocycles. The van der Waals surface area contributed by atoms with E-state index >= 15 is 0 Å². The molecular formula is C12H22O. The minimum Gasteiger partial charge on any atom is -0.303 e. The monoisotopic (exact) mass is 182 g/mol. The van der Waals surface area contributed by atoms with Gasteiger partial charge in [-0.15, -0.1) is 0 Å². The van der Waals surface area contributed by atoms with Crippen LogP contribution in [0.3, 0.4) is 0 Å². The van der Waals surface area contributed by atoms with Crippen molar-refractivity contribution in [2.75, 3.05) is 0 Å². The Morgan fingerprint density at radius 1 is 1.54 bits per heavy atom. The van der Waals surface area contributed by atoms with Crippen molar-refractivity contribution in [3.8, 4) is 0 Å². The summed E-state index contributed by atoms with van der Waals surface area (Å²) in [5.74, 6) is 1.40. The highest BCUT2D eigenvalue weighted by Crippen LogP contribution is 2.42. The molecule has 1 heteroatoms. The second-order valence-electron chi connectivity index (χ2n) is 5.28. The first-order valence-electron chi connectivity index (χ1n) is 5.54. The molecule has 0 heterocycles. The zero-order chi connectivity index (χ0) is 9.90. The molecule has 0 aromatic rings. The van der Waals surface area contributed by atoms with Gasteiger partial charge in [-0.25, -0.2) is 0 Å². The second kappa shape index (κ2) is 4.26. The van der Waals surface area contributed by atoms with Gasteiger partial charge in [0.1, 0.15) is 6.29 Å². The normalized spacial score (nSPS) is 34.9. The minimum absolute atomic E-state index is 0.0336. The van der Waals surface area contributed by atoms with Crippen LogP contribution in [0, 0.1) is 17.3 Å². The Morgan fingerprint density at radius 3 is 2.69 bits per heavy atom. The molecule has 1 aliphatic rings. The Kier molecular flexibility index (Phi) is 3.52. The Bertz CT molecular complexity index is 170. The maximum Gasteiger partial charge on any atom is 0.126 e. The Labute approximate surface area is 81.9 Å². The summed E-state index contributed by atoms with van der Waals surface area (Å²) in [6, 6.07) is 0. The highest BCUT2D eigenvalue weighted by Gasteiger charge is 2.34. The molecule has 0 amide bonds. The highest BCUT2D eigenvalue weighted by atomic mass is 16.1. The summed E-state index contributed by atoms with van der Waals surface area (Å²) < 4.78 is 0. The lowest BCUT2D eigenvalue weighted by molar-refractivity contribution is -0.119. The molecule has 0 N–H and O–H groups in total. The van der Waals surface area contributed by atoms with Crippen LogP contribution in [0.25, 0.3) is 0 Å². The molecule has 1 rings (SSSR count). The van der Waals surface area contributed by atoms with E-state index in [2.05, 4.69) is 20.8 Å². The fraction of sp³-hybridized carbons (Fsp3) is 0.917. The molecule has 0 spiro atoms.